The summed E-state index contributed by atoms with van der Waals surface area (Å²) in [5.41, 5.74) is -2.76. The van der Waals surface area contributed by atoms with E-state index in [2.05, 4.69) is 4.98 Å². The van der Waals surface area contributed by atoms with Crippen LogP contribution in [0.25, 0.3) is 0 Å². The van der Waals surface area contributed by atoms with Crippen LogP contribution in [0.2, 0.25) is 5.02 Å². The zero-order valence-electron chi connectivity index (χ0n) is 18.1. The highest BCUT2D eigenvalue weighted by Crippen LogP contribution is 2.44. The normalized spacial score (nSPS) is 21.8. The second-order valence-corrected chi connectivity index (χ2v) is 8.66. The Labute approximate surface area is 193 Å². The maximum atomic E-state index is 14.3. The van der Waals surface area contributed by atoms with Crippen LogP contribution in [0, 0.1) is 0 Å². The first-order valence-electron chi connectivity index (χ1n) is 10.4. The van der Waals surface area contributed by atoms with Crippen LogP contribution in [0.1, 0.15) is 18.6 Å². The number of alkyl halides is 3. The lowest BCUT2D eigenvalue weighted by molar-refractivity contribution is -0.183. The number of ether oxygens (including phenoxy) is 2. The molecule has 1 saturated heterocycles. The van der Waals surface area contributed by atoms with Crippen molar-refractivity contribution < 1.29 is 27.8 Å². The molecule has 3 heterocycles. The van der Waals surface area contributed by atoms with Gasteiger partial charge in [-0.25, -0.2) is 0 Å². The van der Waals surface area contributed by atoms with Crippen LogP contribution in [-0.4, -0.2) is 66.3 Å². The van der Waals surface area contributed by atoms with Crippen molar-refractivity contribution in [3.8, 4) is 5.75 Å². The van der Waals surface area contributed by atoms with Gasteiger partial charge in [-0.2, -0.15) is 18.2 Å². The fourth-order valence-corrected chi connectivity index (χ4v) is 4.32. The standard InChI is InChI=1S/C21H24ClF3N4O4/c1-20(21(23,24)25)12-28-18(31)10-17(27-5-7-33-8-6-27)26-19(28)29(20)11-15(30)14-4-3-13(22)9-16(14)32-2/h3-4,9-10,15,30H,5-8,11-12H2,1-2H3/t15-,20+/m1/s1. The van der Waals surface area contributed by atoms with Crippen LogP contribution >= 0.6 is 11.6 Å². The molecule has 2 aliphatic heterocycles. The minimum absolute atomic E-state index is 0.143. The van der Waals surface area contributed by atoms with Crippen molar-refractivity contribution in [2.75, 3.05) is 49.8 Å². The lowest BCUT2D eigenvalue weighted by Gasteiger charge is -2.38. The van der Waals surface area contributed by atoms with E-state index in [1.165, 1.54) is 31.4 Å². The smallest absolute Gasteiger partial charge is 0.413 e. The van der Waals surface area contributed by atoms with Gasteiger partial charge in [-0.1, -0.05) is 17.7 Å². The van der Waals surface area contributed by atoms with Crippen LogP contribution in [0.5, 0.6) is 5.75 Å². The summed E-state index contributed by atoms with van der Waals surface area (Å²) in [4.78, 5) is 20.0. The number of rotatable bonds is 5. The number of fused-ring (bicyclic) bond motifs is 1. The molecule has 4 rings (SSSR count). The Morgan fingerprint density at radius 1 is 1.30 bits per heavy atom. The summed E-state index contributed by atoms with van der Waals surface area (Å²) in [5.74, 6) is 0.385. The monoisotopic (exact) mass is 488 g/mol. The summed E-state index contributed by atoms with van der Waals surface area (Å²) in [5, 5.41) is 11.3. The quantitative estimate of drug-likeness (QED) is 0.693. The molecule has 0 saturated carbocycles. The van der Waals surface area contributed by atoms with Gasteiger partial charge >= 0.3 is 6.18 Å². The van der Waals surface area contributed by atoms with Crippen molar-refractivity contribution in [1.82, 2.24) is 9.55 Å². The van der Waals surface area contributed by atoms with Gasteiger partial charge in [0.25, 0.3) is 5.56 Å². The van der Waals surface area contributed by atoms with Gasteiger partial charge < -0.3 is 24.4 Å². The average molecular weight is 489 g/mol. The fraction of sp³-hybridized carbons (Fsp3) is 0.524. The van der Waals surface area contributed by atoms with E-state index in [1.54, 1.807) is 4.90 Å². The average Bonchev–Trinajstić information content (AvgIpc) is 3.07. The van der Waals surface area contributed by atoms with Crippen molar-refractivity contribution in [3.63, 3.8) is 0 Å². The van der Waals surface area contributed by atoms with Crippen molar-refractivity contribution >= 4 is 23.4 Å². The summed E-state index contributed by atoms with van der Waals surface area (Å²) in [6, 6.07) is 5.73. The lowest BCUT2D eigenvalue weighted by Crippen LogP contribution is -2.57. The number of anilines is 2. The van der Waals surface area contributed by atoms with Crippen LogP contribution in [0.3, 0.4) is 0 Å². The van der Waals surface area contributed by atoms with E-state index in [0.29, 0.717) is 31.3 Å². The first-order chi connectivity index (χ1) is 15.5. The molecule has 0 bridgehead atoms. The summed E-state index contributed by atoms with van der Waals surface area (Å²) in [6.45, 7) is 1.70. The van der Waals surface area contributed by atoms with Gasteiger partial charge in [0.2, 0.25) is 5.95 Å². The van der Waals surface area contributed by atoms with Crippen LogP contribution in [0.15, 0.2) is 29.1 Å². The van der Waals surface area contributed by atoms with Gasteiger partial charge in [0.1, 0.15) is 17.7 Å². The van der Waals surface area contributed by atoms with Crippen LogP contribution in [0.4, 0.5) is 24.9 Å². The number of hydrogen-bond donors (Lipinski definition) is 1. The Morgan fingerprint density at radius 2 is 2.00 bits per heavy atom. The van der Waals surface area contributed by atoms with E-state index >= 15 is 0 Å². The van der Waals surface area contributed by atoms with Crippen LogP contribution in [-0.2, 0) is 11.3 Å². The minimum atomic E-state index is -4.70. The van der Waals surface area contributed by atoms with Crippen molar-refractivity contribution in [1.29, 1.82) is 0 Å². The number of aromatic nitrogens is 2. The first-order valence-corrected chi connectivity index (χ1v) is 10.7. The van der Waals surface area contributed by atoms with E-state index in [-0.39, 0.29) is 23.1 Å². The molecule has 1 fully saturated rings. The molecule has 180 valence electrons. The maximum Gasteiger partial charge on any atom is 0.413 e. The fourth-order valence-electron chi connectivity index (χ4n) is 4.16. The van der Waals surface area contributed by atoms with Crippen molar-refractivity contribution in [2.24, 2.45) is 0 Å². The number of methoxy groups -OCH3 is 1. The summed E-state index contributed by atoms with van der Waals surface area (Å²) in [7, 11) is 1.38. The molecule has 0 aliphatic carbocycles. The molecule has 2 aliphatic rings. The third kappa shape index (κ3) is 4.24. The summed E-state index contributed by atoms with van der Waals surface area (Å²) >= 11 is 5.97. The molecule has 12 heteroatoms. The molecule has 0 spiro atoms. The van der Waals surface area contributed by atoms with Gasteiger partial charge in [-0.15, -0.1) is 0 Å². The molecular weight excluding hydrogens is 465 g/mol. The van der Waals surface area contributed by atoms with E-state index in [1.807, 2.05) is 0 Å². The van der Waals surface area contributed by atoms with Gasteiger partial charge in [0, 0.05) is 29.7 Å². The highest BCUT2D eigenvalue weighted by molar-refractivity contribution is 6.30. The molecule has 0 amide bonds. The number of hydrogen-bond acceptors (Lipinski definition) is 7. The molecule has 2 atom stereocenters. The van der Waals surface area contributed by atoms with Crippen LogP contribution < -0.4 is 20.1 Å². The second kappa shape index (κ2) is 8.69. The molecule has 8 nitrogen and oxygen atoms in total. The van der Waals surface area contributed by atoms with Crippen molar-refractivity contribution in [2.45, 2.75) is 31.3 Å². The zero-order valence-corrected chi connectivity index (χ0v) is 18.9. The Morgan fingerprint density at radius 3 is 2.64 bits per heavy atom. The van der Waals surface area contributed by atoms with E-state index in [4.69, 9.17) is 21.1 Å². The Hall–Kier alpha value is -2.50. The van der Waals surface area contributed by atoms with E-state index < -0.39 is 36.5 Å². The predicted molar refractivity (Wildman–Crippen MR) is 116 cm³/mol. The molecule has 1 aromatic carbocycles. The third-order valence-corrected chi connectivity index (χ3v) is 6.37. The van der Waals surface area contributed by atoms with E-state index in [0.717, 1.165) is 16.4 Å². The number of aliphatic hydroxyl groups excluding tert-OH is 1. The molecule has 0 unspecified atom stereocenters. The largest absolute Gasteiger partial charge is 0.496 e. The Balaban J connectivity index is 1.76. The van der Waals surface area contributed by atoms with Crippen molar-refractivity contribution in [3.05, 3.63) is 45.2 Å². The number of β-amino-alcohol motifs (C(OH)–C–C–N with tert-alkyl or cyclic N) is 1. The predicted octanol–water partition coefficient (Wildman–Crippen LogP) is 2.62. The highest BCUT2D eigenvalue weighted by Gasteiger charge is 2.60. The van der Waals surface area contributed by atoms with Gasteiger partial charge in [0.05, 0.1) is 33.4 Å². The van der Waals surface area contributed by atoms with Gasteiger partial charge in [-0.3, -0.25) is 9.36 Å². The Kier molecular flexibility index (Phi) is 6.23. The molecule has 1 N–H and O–H groups in total. The second-order valence-electron chi connectivity index (χ2n) is 8.22. The number of aliphatic hydroxyl groups is 1. The number of morpholine rings is 1. The molecular formula is C21H24ClF3N4O4. The van der Waals surface area contributed by atoms with Gasteiger partial charge in [-0.05, 0) is 19.1 Å². The third-order valence-electron chi connectivity index (χ3n) is 6.13. The molecule has 2 aromatic rings. The topological polar surface area (TPSA) is 80.1 Å². The summed E-state index contributed by atoms with van der Waals surface area (Å²) in [6.07, 6.45) is -6.06. The maximum absolute atomic E-state index is 14.3. The number of benzene rings is 1. The molecule has 0 radical (unpaired) electrons. The molecule has 1 aromatic heterocycles. The van der Waals surface area contributed by atoms with Gasteiger partial charge in [0.15, 0.2) is 5.54 Å². The SMILES string of the molecule is COc1cc(Cl)ccc1[C@H](O)CN1c2nc(N3CCOCC3)cc(=O)n2C[C@@]1(C)C(F)(F)F. The lowest BCUT2D eigenvalue weighted by atomic mass is 9.99. The number of halogens is 4. The summed E-state index contributed by atoms with van der Waals surface area (Å²) < 4.78 is 54.3. The first kappa shape index (κ1) is 23.7. The Bertz CT molecular complexity index is 1090. The van der Waals surface area contributed by atoms with E-state index in [9.17, 15) is 23.1 Å². The molecule has 33 heavy (non-hydrogen) atoms. The minimum Gasteiger partial charge on any atom is -0.496 e. The highest BCUT2D eigenvalue weighted by atomic mass is 35.5. The number of nitrogens with zero attached hydrogens (tertiary/aromatic N) is 4. The zero-order chi connectivity index (χ0) is 24.0.